The van der Waals surface area contributed by atoms with Crippen LogP contribution in [0.25, 0.3) is 0 Å². The Labute approximate surface area is 159 Å². The van der Waals surface area contributed by atoms with Crippen molar-refractivity contribution in [1.82, 2.24) is 4.90 Å². The van der Waals surface area contributed by atoms with E-state index in [0.29, 0.717) is 5.56 Å². The molecule has 0 saturated carbocycles. The smallest absolute Gasteiger partial charge is 0.307 e. The van der Waals surface area contributed by atoms with Crippen LogP contribution in [-0.2, 0) is 14.3 Å². The Morgan fingerprint density at radius 1 is 1.38 bits per heavy atom. The molecule has 8 nitrogen and oxygen atoms in total. The quantitative estimate of drug-likeness (QED) is 0.426. The van der Waals surface area contributed by atoms with Gasteiger partial charge in [-0.15, -0.1) is 0 Å². The molecule has 0 radical (unpaired) electrons. The number of nitro groups is 1. The molecule has 2 unspecified atom stereocenters. The van der Waals surface area contributed by atoms with E-state index in [9.17, 15) is 24.8 Å². The Balaban J connectivity index is 2.22. The third kappa shape index (κ3) is 4.14. The highest BCUT2D eigenvalue weighted by atomic mass is 35.5. The zero-order valence-electron chi connectivity index (χ0n) is 13.7. The summed E-state index contributed by atoms with van der Waals surface area (Å²) in [4.78, 5) is 35.2. The maximum atomic E-state index is 12.3. The van der Waals surface area contributed by atoms with E-state index in [0.717, 1.165) is 0 Å². The van der Waals surface area contributed by atoms with Gasteiger partial charge in [-0.2, -0.15) is 0 Å². The van der Waals surface area contributed by atoms with E-state index in [4.69, 9.17) is 27.9 Å². The summed E-state index contributed by atoms with van der Waals surface area (Å²) in [7, 11) is 0. The van der Waals surface area contributed by atoms with Gasteiger partial charge in [0.2, 0.25) is 0 Å². The molecular weight excluding hydrogens is 387 g/mol. The van der Waals surface area contributed by atoms with Crippen molar-refractivity contribution in [3.63, 3.8) is 0 Å². The number of hydrogen-bond acceptors (Lipinski definition) is 6. The highest BCUT2D eigenvalue weighted by molar-refractivity contribution is 6.49. The van der Waals surface area contributed by atoms with Crippen molar-refractivity contribution in [2.24, 2.45) is 0 Å². The number of halogens is 2. The lowest BCUT2D eigenvalue weighted by atomic mass is 10.0. The minimum absolute atomic E-state index is 0.0428. The number of ether oxygens (including phenoxy) is 1. The summed E-state index contributed by atoms with van der Waals surface area (Å²) in [6, 6.07) is 4.21. The van der Waals surface area contributed by atoms with Crippen molar-refractivity contribution >= 4 is 40.8 Å². The molecule has 0 aliphatic carbocycles. The molecule has 0 saturated heterocycles. The zero-order chi connectivity index (χ0) is 19.4. The molecule has 1 aliphatic rings. The molecule has 1 aromatic carbocycles. The van der Waals surface area contributed by atoms with E-state index in [1.165, 1.54) is 29.2 Å². The molecular formula is C16H16Cl2N2O6. The summed E-state index contributed by atoms with van der Waals surface area (Å²) in [5.74, 6) is -1.10. The standard InChI is InChI=1S/C16H16Cl2N2O6/c1-2-26-11(21)7-8-19-14(12(17)13(18)16(19)23)15(22)9-3-5-10(6-4-9)20(24)25/h3-6,14-15,22H,2,7-8H2,1H3. The Kier molecular flexibility index (Phi) is 6.57. The normalized spacial score (nSPS) is 18.2. The van der Waals surface area contributed by atoms with Crippen LogP contribution in [0.3, 0.4) is 0 Å². The highest BCUT2D eigenvalue weighted by Crippen LogP contribution is 2.38. The third-order valence-electron chi connectivity index (χ3n) is 3.86. The fourth-order valence-corrected chi connectivity index (χ4v) is 3.13. The summed E-state index contributed by atoms with van der Waals surface area (Å²) in [6.07, 6.45) is -1.36. The lowest BCUT2D eigenvalue weighted by molar-refractivity contribution is -0.384. The maximum Gasteiger partial charge on any atom is 0.307 e. The minimum atomic E-state index is -1.27. The summed E-state index contributed by atoms with van der Waals surface area (Å²) in [6.45, 7) is 1.83. The zero-order valence-corrected chi connectivity index (χ0v) is 15.2. The average Bonchev–Trinajstić information content (AvgIpc) is 2.83. The number of rotatable bonds is 7. The van der Waals surface area contributed by atoms with E-state index in [-0.39, 0.29) is 35.3 Å². The number of aliphatic hydroxyl groups excluding tert-OH is 1. The summed E-state index contributed by atoms with van der Waals surface area (Å²) >= 11 is 12.0. The van der Waals surface area contributed by atoms with Gasteiger partial charge in [-0.05, 0) is 24.6 Å². The molecule has 1 aromatic rings. The monoisotopic (exact) mass is 402 g/mol. The molecule has 140 valence electrons. The number of amides is 1. The first-order valence-electron chi connectivity index (χ1n) is 7.72. The predicted octanol–water partition coefficient (Wildman–Crippen LogP) is 2.48. The van der Waals surface area contributed by atoms with Crippen molar-refractivity contribution in [1.29, 1.82) is 0 Å². The highest BCUT2D eigenvalue weighted by Gasteiger charge is 2.42. The van der Waals surface area contributed by atoms with Crippen molar-refractivity contribution in [3.8, 4) is 0 Å². The van der Waals surface area contributed by atoms with Crippen LogP contribution in [-0.4, -0.2) is 46.0 Å². The van der Waals surface area contributed by atoms with Crippen LogP contribution in [0.4, 0.5) is 5.69 Å². The predicted molar refractivity (Wildman–Crippen MR) is 93.5 cm³/mol. The molecule has 0 spiro atoms. The van der Waals surface area contributed by atoms with Gasteiger partial charge < -0.3 is 14.7 Å². The molecule has 10 heteroatoms. The van der Waals surface area contributed by atoms with Gasteiger partial charge in [0, 0.05) is 18.7 Å². The van der Waals surface area contributed by atoms with Gasteiger partial charge in [-0.25, -0.2) is 0 Å². The number of nitro benzene ring substituents is 1. The SMILES string of the molecule is CCOC(=O)CCN1C(=O)C(Cl)=C(Cl)C1C(O)c1ccc([N+](=O)[O-])cc1. The molecule has 1 aliphatic heterocycles. The second kappa shape index (κ2) is 8.48. The lowest BCUT2D eigenvalue weighted by Gasteiger charge is -2.29. The van der Waals surface area contributed by atoms with Gasteiger partial charge in [0.25, 0.3) is 11.6 Å². The molecule has 2 rings (SSSR count). The van der Waals surface area contributed by atoms with Crippen molar-refractivity contribution in [2.75, 3.05) is 13.2 Å². The fraction of sp³-hybridized carbons (Fsp3) is 0.375. The number of carbonyl (C=O) groups excluding carboxylic acids is 2. The number of hydrogen-bond donors (Lipinski definition) is 1. The first-order valence-corrected chi connectivity index (χ1v) is 8.47. The number of esters is 1. The molecule has 0 fully saturated rings. The molecule has 1 heterocycles. The second-order valence-corrected chi connectivity index (χ2v) is 6.24. The van der Waals surface area contributed by atoms with Gasteiger partial charge in [0.1, 0.15) is 11.1 Å². The number of nitrogens with zero attached hydrogens (tertiary/aromatic N) is 2. The molecule has 2 atom stereocenters. The summed E-state index contributed by atoms with van der Waals surface area (Å²) < 4.78 is 4.82. The van der Waals surface area contributed by atoms with Gasteiger partial charge in [-0.1, -0.05) is 23.2 Å². The average molecular weight is 403 g/mol. The van der Waals surface area contributed by atoms with Crippen LogP contribution in [0, 0.1) is 10.1 Å². The first kappa shape index (κ1) is 20.2. The minimum Gasteiger partial charge on any atom is -0.466 e. The van der Waals surface area contributed by atoms with Gasteiger partial charge in [0.05, 0.1) is 29.0 Å². The van der Waals surface area contributed by atoms with Crippen LogP contribution in [0.2, 0.25) is 0 Å². The largest absolute Gasteiger partial charge is 0.466 e. The Morgan fingerprint density at radius 3 is 2.54 bits per heavy atom. The van der Waals surface area contributed by atoms with Crippen LogP contribution < -0.4 is 0 Å². The summed E-state index contributed by atoms with van der Waals surface area (Å²) in [5.41, 5.74) is 0.182. The maximum absolute atomic E-state index is 12.3. The molecule has 0 aromatic heterocycles. The summed E-state index contributed by atoms with van der Waals surface area (Å²) in [5, 5.41) is 21.1. The molecule has 1 amide bonds. The Bertz CT molecular complexity index is 750. The van der Waals surface area contributed by atoms with Crippen molar-refractivity contribution < 1.29 is 24.4 Å². The Morgan fingerprint density at radius 2 is 2.00 bits per heavy atom. The molecule has 26 heavy (non-hydrogen) atoms. The topological polar surface area (TPSA) is 110 Å². The number of carbonyl (C=O) groups is 2. The van der Waals surface area contributed by atoms with E-state index in [1.807, 2.05) is 0 Å². The van der Waals surface area contributed by atoms with Crippen LogP contribution in [0.5, 0.6) is 0 Å². The first-order chi connectivity index (χ1) is 12.3. The van der Waals surface area contributed by atoms with Gasteiger partial charge >= 0.3 is 5.97 Å². The van der Waals surface area contributed by atoms with Gasteiger partial charge in [0.15, 0.2) is 0 Å². The van der Waals surface area contributed by atoms with E-state index < -0.39 is 28.9 Å². The Hall–Kier alpha value is -2.16. The van der Waals surface area contributed by atoms with Crippen LogP contribution in [0.1, 0.15) is 25.0 Å². The lowest BCUT2D eigenvalue weighted by Crippen LogP contribution is -2.40. The number of benzene rings is 1. The fourth-order valence-electron chi connectivity index (χ4n) is 2.59. The second-order valence-electron chi connectivity index (χ2n) is 5.45. The van der Waals surface area contributed by atoms with E-state index in [1.54, 1.807) is 6.92 Å². The third-order valence-corrected chi connectivity index (χ3v) is 4.73. The van der Waals surface area contributed by atoms with Crippen molar-refractivity contribution in [2.45, 2.75) is 25.5 Å². The number of aliphatic hydroxyl groups is 1. The van der Waals surface area contributed by atoms with Gasteiger partial charge in [-0.3, -0.25) is 19.7 Å². The van der Waals surface area contributed by atoms with E-state index in [2.05, 4.69) is 0 Å². The van der Waals surface area contributed by atoms with Crippen LogP contribution >= 0.6 is 23.2 Å². The van der Waals surface area contributed by atoms with E-state index >= 15 is 0 Å². The number of non-ortho nitro benzene ring substituents is 1. The molecule has 0 bridgehead atoms. The van der Waals surface area contributed by atoms with Crippen LogP contribution in [0.15, 0.2) is 34.3 Å². The van der Waals surface area contributed by atoms with Crippen molar-refractivity contribution in [3.05, 3.63) is 50.0 Å². The molecule has 1 N–H and O–H groups in total.